The van der Waals surface area contributed by atoms with Gasteiger partial charge in [-0.25, -0.2) is 4.68 Å². The maximum atomic E-state index is 11.8. The van der Waals surface area contributed by atoms with Crippen molar-refractivity contribution in [3.8, 4) is 0 Å². The standard InChI is InChI=1S/C14H18N6O/c1-18(2)14(21)13-10-20(17-16-13)12-8-19(9-12)7-11-4-3-5-15-6-11/h3-6,10,12H,7-9H2,1-2H3. The summed E-state index contributed by atoms with van der Waals surface area (Å²) in [6.07, 6.45) is 5.40. The SMILES string of the molecule is CN(C)C(=O)c1cn(C2CN(Cc3cccnc3)C2)nn1. The molecule has 0 radical (unpaired) electrons. The van der Waals surface area contributed by atoms with Gasteiger partial charge in [-0.2, -0.15) is 0 Å². The molecule has 0 spiro atoms. The summed E-state index contributed by atoms with van der Waals surface area (Å²) in [4.78, 5) is 19.7. The van der Waals surface area contributed by atoms with Crippen LogP contribution in [-0.4, -0.2) is 62.9 Å². The molecule has 0 atom stereocenters. The molecule has 1 fully saturated rings. The van der Waals surface area contributed by atoms with Crippen molar-refractivity contribution in [2.75, 3.05) is 27.2 Å². The van der Waals surface area contributed by atoms with Crippen LogP contribution in [0.3, 0.4) is 0 Å². The zero-order valence-corrected chi connectivity index (χ0v) is 12.2. The number of nitrogens with zero attached hydrogens (tertiary/aromatic N) is 6. The van der Waals surface area contributed by atoms with Crippen molar-refractivity contribution in [1.82, 2.24) is 29.8 Å². The Morgan fingerprint density at radius 2 is 2.24 bits per heavy atom. The van der Waals surface area contributed by atoms with Gasteiger partial charge in [-0.05, 0) is 11.6 Å². The van der Waals surface area contributed by atoms with Crippen molar-refractivity contribution in [2.24, 2.45) is 0 Å². The second kappa shape index (κ2) is 5.61. The van der Waals surface area contributed by atoms with Crippen LogP contribution in [-0.2, 0) is 6.54 Å². The first-order valence-electron chi connectivity index (χ1n) is 6.88. The number of hydrogen-bond acceptors (Lipinski definition) is 5. The van der Waals surface area contributed by atoms with Crippen LogP contribution in [0.4, 0.5) is 0 Å². The Labute approximate surface area is 123 Å². The van der Waals surface area contributed by atoms with E-state index in [1.54, 1.807) is 31.2 Å². The number of carbonyl (C=O) groups is 1. The van der Waals surface area contributed by atoms with Gasteiger partial charge in [0.05, 0.1) is 12.2 Å². The Morgan fingerprint density at radius 3 is 2.90 bits per heavy atom. The molecule has 1 aliphatic rings. The second-order valence-electron chi connectivity index (χ2n) is 5.49. The molecule has 0 unspecified atom stereocenters. The molecule has 7 heteroatoms. The predicted octanol–water partition coefficient (Wildman–Crippen LogP) is 0.432. The first kappa shape index (κ1) is 13.7. The van der Waals surface area contributed by atoms with E-state index in [-0.39, 0.29) is 11.9 Å². The fraction of sp³-hybridized carbons (Fsp3) is 0.429. The lowest BCUT2D eigenvalue weighted by Crippen LogP contribution is -2.47. The Balaban J connectivity index is 1.56. The molecule has 7 nitrogen and oxygen atoms in total. The molecule has 0 saturated carbocycles. The average Bonchev–Trinajstić information content (AvgIpc) is 2.91. The van der Waals surface area contributed by atoms with Crippen LogP contribution in [0.5, 0.6) is 0 Å². The molecule has 1 aliphatic heterocycles. The van der Waals surface area contributed by atoms with E-state index in [1.807, 2.05) is 12.3 Å². The zero-order valence-electron chi connectivity index (χ0n) is 12.2. The molecule has 1 saturated heterocycles. The number of rotatable bonds is 4. The maximum Gasteiger partial charge on any atom is 0.275 e. The Hall–Kier alpha value is -2.28. The normalized spacial score (nSPS) is 15.7. The smallest absolute Gasteiger partial charge is 0.275 e. The first-order valence-corrected chi connectivity index (χ1v) is 6.88. The summed E-state index contributed by atoms with van der Waals surface area (Å²) >= 11 is 0. The van der Waals surface area contributed by atoms with Gasteiger partial charge in [0.15, 0.2) is 5.69 Å². The van der Waals surface area contributed by atoms with Gasteiger partial charge in [-0.1, -0.05) is 11.3 Å². The van der Waals surface area contributed by atoms with Crippen LogP contribution in [0.2, 0.25) is 0 Å². The zero-order chi connectivity index (χ0) is 14.8. The Kier molecular flexibility index (Phi) is 3.66. The fourth-order valence-corrected chi connectivity index (χ4v) is 2.37. The number of amides is 1. The van der Waals surface area contributed by atoms with Gasteiger partial charge >= 0.3 is 0 Å². The largest absolute Gasteiger partial charge is 0.343 e. The first-order chi connectivity index (χ1) is 10.1. The lowest BCUT2D eigenvalue weighted by Gasteiger charge is -2.38. The number of carbonyl (C=O) groups excluding carboxylic acids is 1. The molecule has 3 rings (SSSR count). The minimum Gasteiger partial charge on any atom is -0.343 e. The van der Waals surface area contributed by atoms with Crippen LogP contribution < -0.4 is 0 Å². The molecule has 3 heterocycles. The molecule has 0 aromatic carbocycles. The molecule has 2 aromatic rings. The van der Waals surface area contributed by atoms with E-state index in [4.69, 9.17) is 0 Å². The van der Waals surface area contributed by atoms with Crippen molar-refractivity contribution < 1.29 is 4.79 Å². The quantitative estimate of drug-likeness (QED) is 0.815. The van der Waals surface area contributed by atoms with Gasteiger partial charge in [0.25, 0.3) is 5.91 Å². The number of aromatic nitrogens is 4. The molecular formula is C14H18N6O. The summed E-state index contributed by atoms with van der Waals surface area (Å²) in [5, 5.41) is 8.01. The fourth-order valence-electron chi connectivity index (χ4n) is 2.37. The van der Waals surface area contributed by atoms with E-state index in [0.717, 1.165) is 19.6 Å². The van der Waals surface area contributed by atoms with Crippen molar-refractivity contribution in [2.45, 2.75) is 12.6 Å². The van der Waals surface area contributed by atoms with Crippen molar-refractivity contribution >= 4 is 5.91 Å². The number of likely N-dealkylation sites (tertiary alicyclic amines) is 1. The summed E-state index contributed by atoms with van der Waals surface area (Å²) in [5.41, 5.74) is 1.60. The van der Waals surface area contributed by atoms with E-state index in [0.29, 0.717) is 5.69 Å². The molecule has 110 valence electrons. The van der Waals surface area contributed by atoms with E-state index in [1.165, 1.54) is 10.5 Å². The highest BCUT2D eigenvalue weighted by molar-refractivity contribution is 5.91. The topological polar surface area (TPSA) is 67.2 Å². The molecule has 0 bridgehead atoms. The Morgan fingerprint density at radius 1 is 1.43 bits per heavy atom. The summed E-state index contributed by atoms with van der Waals surface area (Å²) < 4.78 is 1.79. The third kappa shape index (κ3) is 2.92. The molecule has 0 aliphatic carbocycles. The van der Waals surface area contributed by atoms with Crippen LogP contribution in [0.1, 0.15) is 22.1 Å². The van der Waals surface area contributed by atoms with Crippen LogP contribution in [0.25, 0.3) is 0 Å². The van der Waals surface area contributed by atoms with Crippen molar-refractivity contribution in [1.29, 1.82) is 0 Å². The van der Waals surface area contributed by atoms with Gasteiger partial charge in [0, 0.05) is 46.1 Å². The van der Waals surface area contributed by atoms with Gasteiger partial charge in [0.2, 0.25) is 0 Å². The molecule has 0 N–H and O–H groups in total. The summed E-state index contributed by atoms with van der Waals surface area (Å²) in [6, 6.07) is 4.31. The summed E-state index contributed by atoms with van der Waals surface area (Å²) in [6.45, 7) is 2.71. The molecule has 1 amide bonds. The molecule has 2 aromatic heterocycles. The van der Waals surface area contributed by atoms with Crippen molar-refractivity contribution in [3.05, 3.63) is 42.0 Å². The second-order valence-corrected chi connectivity index (χ2v) is 5.49. The monoisotopic (exact) mass is 286 g/mol. The van der Waals surface area contributed by atoms with Crippen LogP contribution >= 0.6 is 0 Å². The van der Waals surface area contributed by atoms with E-state index < -0.39 is 0 Å². The minimum absolute atomic E-state index is 0.118. The van der Waals surface area contributed by atoms with Gasteiger partial charge in [-0.15, -0.1) is 5.10 Å². The van der Waals surface area contributed by atoms with Gasteiger partial charge in [-0.3, -0.25) is 14.7 Å². The average molecular weight is 286 g/mol. The number of hydrogen-bond donors (Lipinski definition) is 0. The predicted molar refractivity (Wildman–Crippen MR) is 76.6 cm³/mol. The lowest BCUT2D eigenvalue weighted by atomic mass is 10.1. The van der Waals surface area contributed by atoms with Crippen LogP contribution in [0, 0.1) is 0 Å². The Bertz CT molecular complexity index is 617. The molecular weight excluding hydrogens is 268 g/mol. The third-order valence-corrected chi connectivity index (χ3v) is 3.58. The third-order valence-electron chi connectivity index (χ3n) is 3.58. The van der Waals surface area contributed by atoms with Gasteiger partial charge in [0.1, 0.15) is 0 Å². The summed E-state index contributed by atoms with van der Waals surface area (Å²) in [7, 11) is 3.42. The number of pyridine rings is 1. The highest BCUT2D eigenvalue weighted by Crippen LogP contribution is 2.22. The van der Waals surface area contributed by atoms with Crippen molar-refractivity contribution in [3.63, 3.8) is 0 Å². The van der Waals surface area contributed by atoms with E-state index in [2.05, 4.69) is 26.3 Å². The lowest BCUT2D eigenvalue weighted by molar-refractivity contribution is 0.0820. The highest BCUT2D eigenvalue weighted by Gasteiger charge is 2.29. The van der Waals surface area contributed by atoms with E-state index in [9.17, 15) is 4.79 Å². The van der Waals surface area contributed by atoms with Crippen LogP contribution in [0.15, 0.2) is 30.7 Å². The minimum atomic E-state index is -0.118. The highest BCUT2D eigenvalue weighted by atomic mass is 16.2. The van der Waals surface area contributed by atoms with E-state index >= 15 is 0 Å². The molecule has 21 heavy (non-hydrogen) atoms. The van der Waals surface area contributed by atoms with Gasteiger partial charge < -0.3 is 4.90 Å². The summed E-state index contributed by atoms with van der Waals surface area (Å²) in [5.74, 6) is -0.118. The maximum absolute atomic E-state index is 11.8.